The van der Waals surface area contributed by atoms with Crippen LogP contribution in [0.1, 0.15) is 5.82 Å². The second-order valence-electron chi connectivity index (χ2n) is 4.23. The van der Waals surface area contributed by atoms with Crippen LogP contribution in [0.5, 0.6) is 0 Å². The molecule has 110 valence electrons. The predicted octanol–water partition coefficient (Wildman–Crippen LogP) is -1.23. The Hall–Kier alpha value is -3.00. The highest BCUT2D eigenvalue weighted by atomic mass is 16.2. The Kier molecular flexibility index (Phi) is 3.81. The Labute approximate surface area is 120 Å². The van der Waals surface area contributed by atoms with Crippen LogP contribution in [0.3, 0.4) is 0 Å². The monoisotopic (exact) mass is 290 g/mol. The number of rotatable bonds is 2. The van der Waals surface area contributed by atoms with Gasteiger partial charge in [-0.1, -0.05) is 19.6 Å². The van der Waals surface area contributed by atoms with Gasteiger partial charge >= 0.3 is 11.7 Å². The molecule has 1 aromatic heterocycles. The van der Waals surface area contributed by atoms with Gasteiger partial charge in [0.25, 0.3) is 0 Å². The van der Waals surface area contributed by atoms with Crippen LogP contribution < -0.4 is 10.4 Å². The van der Waals surface area contributed by atoms with Crippen LogP contribution in [0.4, 0.5) is 4.79 Å². The molecular formula is C11H14N8O2. The molecule has 10 nitrogen and oxygen atoms in total. The second kappa shape index (κ2) is 5.55. The van der Waals surface area contributed by atoms with Crippen molar-refractivity contribution in [3.63, 3.8) is 0 Å². The highest BCUT2D eigenvalue weighted by Gasteiger charge is 2.11. The summed E-state index contributed by atoms with van der Waals surface area (Å²) < 4.78 is 2.34. The van der Waals surface area contributed by atoms with Crippen LogP contribution in [0, 0.1) is 0 Å². The topological polar surface area (TPSA) is 102 Å². The summed E-state index contributed by atoms with van der Waals surface area (Å²) in [7, 11) is 6.12. The molecule has 0 saturated heterocycles. The first kappa shape index (κ1) is 14.4. The zero-order chi connectivity index (χ0) is 15.6. The molecule has 0 bridgehead atoms. The van der Waals surface area contributed by atoms with E-state index in [1.165, 1.54) is 59.7 Å². The van der Waals surface area contributed by atoms with Crippen LogP contribution in [0.25, 0.3) is 11.5 Å². The van der Waals surface area contributed by atoms with E-state index >= 15 is 0 Å². The van der Waals surface area contributed by atoms with Crippen molar-refractivity contribution in [1.29, 1.82) is 0 Å². The molecule has 2 heterocycles. The first-order chi connectivity index (χ1) is 9.88. The lowest BCUT2D eigenvalue weighted by Gasteiger charge is -2.37. The summed E-state index contributed by atoms with van der Waals surface area (Å²) in [5, 5.41) is 14.2. The Bertz CT molecular complexity index is 702. The Balaban J connectivity index is 2.24. The Morgan fingerprint density at radius 1 is 1.24 bits per heavy atom. The smallest absolute Gasteiger partial charge is 0.369 e. The van der Waals surface area contributed by atoms with Crippen molar-refractivity contribution in [3.05, 3.63) is 33.5 Å². The summed E-state index contributed by atoms with van der Waals surface area (Å²) >= 11 is 0. The summed E-state index contributed by atoms with van der Waals surface area (Å²) in [5.41, 5.74) is 6.43. The van der Waals surface area contributed by atoms with E-state index in [1.54, 1.807) is 0 Å². The molecule has 0 atom stereocenters. The number of urea groups is 1. The van der Waals surface area contributed by atoms with E-state index in [9.17, 15) is 9.59 Å². The standard InChI is InChI=1S/C11H14N8O2/c1-16-10(20)17(2)13-8(12-16)6-5-7-9-14-18(3)11(21)19(4)15-9/h6-7H,1-4H3. The Morgan fingerprint density at radius 2 is 1.95 bits per heavy atom. The molecule has 0 N–H and O–H groups in total. The number of hydrogen-bond donors (Lipinski definition) is 0. The molecule has 2 amide bonds. The SMILES string of the molecule is CN1N=C(C=C=Cc2nn(C)c(=O)[n+](C)n2)[N-]N(C)C1=O. The summed E-state index contributed by atoms with van der Waals surface area (Å²) in [6.07, 6.45) is 2.96. The first-order valence-electron chi connectivity index (χ1n) is 5.94. The molecule has 0 unspecified atom stereocenters. The van der Waals surface area contributed by atoms with Crippen molar-refractivity contribution in [3.8, 4) is 0 Å². The number of hydrogen-bond acceptors (Lipinski definition) is 5. The lowest BCUT2D eigenvalue weighted by Crippen LogP contribution is -2.55. The van der Waals surface area contributed by atoms with Crippen molar-refractivity contribution in [2.45, 2.75) is 0 Å². The van der Waals surface area contributed by atoms with Crippen molar-refractivity contribution in [2.75, 3.05) is 14.1 Å². The lowest BCUT2D eigenvalue weighted by atomic mass is 10.5. The molecule has 0 saturated carbocycles. The number of carbonyl (C=O) groups is 1. The van der Waals surface area contributed by atoms with Gasteiger partial charge in [-0.15, -0.1) is 5.73 Å². The van der Waals surface area contributed by atoms with Gasteiger partial charge in [0.1, 0.15) is 14.1 Å². The third-order valence-electron chi connectivity index (χ3n) is 2.54. The van der Waals surface area contributed by atoms with Crippen molar-refractivity contribution in [1.82, 2.24) is 24.9 Å². The van der Waals surface area contributed by atoms with E-state index in [2.05, 4.69) is 26.5 Å². The largest absolute Gasteiger partial charge is 0.539 e. The van der Waals surface area contributed by atoms with E-state index in [0.717, 1.165) is 0 Å². The predicted molar refractivity (Wildman–Crippen MR) is 72.7 cm³/mol. The van der Waals surface area contributed by atoms with Gasteiger partial charge in [-0.05, 0) is 11.9 Å². The van der Waals surface area contributed by atoms with Gasteiger partial charge in [-0.2, -0.15) is 4.79 Å². The van der Waals surface area contributed by atoms with Crippen molar-refractivity contribution >= 4 is 17.9 Å². The van der Waals surface area contributed by atoms with Gasteiger partial charge in [0.15, 0.2) is 0 Å². The highest BCUT2D eigenvalue weighted by Crippen LogP contribution is 2.10. The maximum Gasteiger partial charge on any atom is 0.539 e. The van der Waals surface area contributed by atoms with Crippen LogP contribution in [0.2, 0.25) is 0 Å². The molecule has 2 rings (SSSR count). The molecular weight excluding hydrogens is 276 g/mol. The highest BCUT2D eigenvalue weighted by molar-refractivity contribution is 6.06. The van der Waals surface area contributed by atoms with Crippen LogP contribution in [-0.4, -0.2) is 50.9 Å². The molecule has 1 aliphatic rings. The minimum absolute atomic E-state index is 0.310. The molecule has 0 fully saturated rings. The average Bonchev–Trinajstić information content (AvgIpc) is 2.42. The quantitative estimate of drug-likeness (QED) is 0.502. The van der Waals surface area contributed by atoms with Crippen LogP contribution in [0.15, 0.2) is 21.7 Å². The maximum absolute atomic E-state index is 11.4. The third-order valence-corrected chi connectivity index (χ3v) is 2.54. The van der Waals surface area contributed by atoms with E-state index in [1.807, 2.05) is 0 Å². The number of aromatic nitrogens is 4. The minimum Gasteiger partial charge on any atom is -0.369 e. The van der Waals surface area contributed by atoms with E-state index in [0.29, 0.717) is 11.7 Å². The summed E-state index contributed by atoms with van der Waals surface area (Å²) in [4.78, 5) is 22.9. The number of aryl methyl sites for hydroxylation is 2. The fourth-order valence-electron chi connectivity index (χ4n) is 1.55. The van der Waals surface area contributed by atoms with Gasteiger partial charge in [0, 0.05) is 20.2 Å². The number of amidine groups is 1. The fraction of sp³-hybridized carbons (Fsp3) is 0.364. The van der Waals surface area contributed by atoms with Crippen molar-refractivity contribution < 1.29 is 9.48 Å². The van der Waals surface area contributed by atoms with Gasteiger partial charge in [-0.25, -0.2) is 4.79 Å². The zero-order valence-electron chi connectivity index (χ0n) is 12.0. The molecule has 0 aromatic carbocycles. The lowest BCUT2D eigenvalue weighted by molar-refractivity contribution is -0.750. The van der Waals surface area contributed by atoms with Gasteiger partial charge in [0.05, 0.1) is 0 Å². The summed E-state index contributed by atoms with van der Waals surface area (Å²) in [6, 6.07) is -0.329. The van der Waals surface area contributed by atoms with Crippen molar-refractivity contribution in [2.24, 2.45) is 19.2 Å². The normalized spacial score (nSPS) is 14.3. The number of amides is 2. The summed E-state index contributed by atoms with van der Waals surface area (Å²) in [5.74, 6) is 0.620. The van der Waals surface area contributed by atoms with Gasteiger partial charge in [0.2, 0.25) is 5.82 Å². The van der Waals surface area contributed by atoms with Crippen LogP contribution >= 0.6 is 0 Å². The number of hydrazone groups is 1. The fourth-order valence-corrected chi connectivity index (χ4v) is 1.55. The molecule has 1 aliphatic heterocycles. The molecule has 1 aromatic rings. The molecule has 0 spiro atoms. The molecule has 10 heteroatoms. The molecule has 0 radical (unpaired) electrons. The number of carbonyl (C=O) groups excluding carboxylic acids is 1. The van der Waals surface area contributed by atoms with E-state index in [4.69, 9.17) is 0 Å². The second-order valence-corrected chi connectivity index (χ2v) is 4.23. The number of nitrogens with zero attached hydrogens (tertiary/aromatic N) is 8. The zero-order valence-corrected chi connectivity index (χ0v) is 12.0. The average molecular weight is 290 g/mol. The third kappa shape index (κ3) is 3.12. The minimum atomic E-state index is -0.329. The van der Waals surface area contributed by atoms with Gasteiger partial charge < -0.3 is 20.5 Å². The molecule has 21 heavy (non-hydrogen) atoms. The molecule has 0 aliphatic carbocycles. The maximum atomic E-state index is 11.4. The summed E-state index contributed by atoms with van der Waals surface area (Å²) in [6.45, 7) is 0. The van der Waals surface area contributed by atoms with Gasteiger partial charge in [-0.3, -0.25) is 0 Å². The first-order valence-corrected chi connectivity index (χ1v) is 5.94. The van der Waals surface area contributed by atoms with Crippen LogP contribution in [-0.2, 0) is 14.1 Å². The Morgan fingerprint density at radius 3 is 2.57 bits per heavy atom. The van der Waals surface area contributed by atoms with E-state index in [-0.39, 0.29) is 11.7 Å². The van der Waals surface area contributed by atoms with E-state index < -0.39 is 0 Å².